The molecule has 7 nitrogen and oxygen atoms in total. The molecule has 1 saturated heterocycles. The minimum atomic E-state index is -0.345. The molecular formula is C22H24N4O3S. The van der Waals surface area contributed by atoms with Crippen LogP contribution in [0, 0.1) is 5.92 Å². The SMILES string of the molecule is CCOc1ccc2nc(N3CC(C(=O)NCCCc4cccnc4)CC3=O)sc2c1. The Morgan fingerprint density at radius 2 is 2.27 bits per heavy atom. The van der Waals surface area contributed by atoms with Crippen molar-refractivity contribution in [2.45, 2.75) is 26.2 Å². The number of nitrogens with zero attached hydrogens (tertiary/aromatic N) is 3. The standard InChI is InChI=1S/C22H24N4O3S/c1-2-29-17-7-8-18-19(12-17)30-22(25-18)26-14-16(11-20(26)27)21(28)24-10-4-6-15-5-3-9-23-13-15/h3,5,7-9,12-13,16H,2,4,6,10-11,14H2,1H3,(H,24,28). The van der Waals surface area contributed by atoms with Crippen LogP contribution in [0.5, 0.6) is 5.75 Å². The molecule has 1 aliphatic heterocycles. The van der Waals surface area contributed by atoms with E-state index in [9.17, 15) is 9.59 Å². The number of thiazole rings is 1. The Balaban J connectivity index is 1.33. The van der Waals surface area contributed by atoms with Gasteiger partial charge in [-0.3, -0.25) is 19.5 Å². The molecule has 0 saturated carbocycles. The van der Waals surface area contributed by atoms with Gasteiger partial charge in [-0.1, -0.05) is 17.4 Å². The van der Waals surface area contributed by atoms with E-state index in [1.165, 1.54) is 11.3 Å². The molecule has 30 heavy (non-hydrogen) atoms. The predicted octanol–water partition coefficient (Wildman–Crippen LogP) is 3.19. The van der Waals surface area contributed by atoms with Crippen LogP contribution in [0.25, 0.3) is 10.2 Å². The van der Waals surface area contributed by atoms with E-state index < -0.39 is 0 Å². The van der Waals surface area contributed by atoms with Crippen LogP contribution in [-0.4, -0.2) is 41.5 Å². The second kappa shape index (κ2) is 9.21. The molecule has 0 radical (unpaired) electrons. The van der Waals surface area contributed by atoms with E-state index >= 15 is 0 Å². The molecule has 1 unspecified atom stereocenters. The highest BCUT2D eigenvalue weighted by molar-refractivity contribution is 7.22. The summed E-state index contributed by atoms with van der Waals surface area (Å²) in [6.45, 7) is 3.49. The van der Waals surface area contributed by atoms with Crippen molar-refractivity contribution in [3.8, 4) is 5.75 Å². The van der Waals surface area contributed by atoms with Crippen molar-refractivity contribution in [3.05, 3.63) is 48.3 Å². The molecule has 0 spiro atoms. The van der Waals surface area contributed by atoms with Gasteiger partial charge in [0.25, 0.3) is 0 Å². The number of hydrogen-bond donors (Lipinski definition) is 1. The molecule has 1 atom stereocenters. The number of fused-ring (bicyclic) bond motifs is 1. The lowest BCUT2D eigenvalue weighted by molar-refractivity contribution is -0.126. The van der Waals surface area contributed by atoms with E-state index in [4.69, 9.17) is 4.74 Å². The van der Waals surface area contributed by atoms with E-state index in [2.05, 4.69) is 15.3 Å². The van der Waals surface area contributed by atoms with E-state index in [1.807, 2.05) is 43.5 Å². The first-order valence-corrected chi connectivity index (χ1v) is 11.0. The zero-order valence-electron chi connectivity index (χ0n) is 16.8. The molecule has 4 rings (SSSR count). The van der Waals surface area contributed by atoms with Gasteiger partial charge in [-0.05, 0) is 49.6 Å². The molecule has 1 aromatic carbocycles. The highest BCUT2D eigenvalue weighted by Crippen LogP contribution is 2.34. The van der Waals surface area contributed by atoms with E-state index in [0.29, 0.717) is 24.8 Å². The molecule has 1 aliphatic rings. The average Bonchev–Trinajstić information content (AvgIpc) is 3.35. The summed E-state index contributed by atoms with van der Waals surface area (Å²) in [5, 5.41) is 3.60. The monoisotopic (exact) mass is 424 g/mol. The summed E-state index contributed by atoms with van der Waals surface area (Å²) in [6.07, 6.45) is 5.50. The molecule has 1 N–H and O–H groups in total. The Hall–Kier alpha value is -3.00. The third kappa shape index (κ3) is 4.59. The van der Waals surface area contributed by atoms with Crippen molar-refractivity contribution in [1.29, 1.82) is 0 Å². The zero-order valence-corrected chi connectivity index (χ0v) is 17.7. The number of aryl methyl sites for hydroxylation is 1. The third-order valence-electron chi connectivity index (χ3n) is 5.05. The number of nitrogens with one attached hydrogen (secondary N) is 1. The lowest BCUT2D eigenvalue weighted by Gasteiger charge is -2.13. The molecule has 1 fully saturated rings. The van der Waals surface area contributed by atoms with Crippen LogP contribution >= 0.6 is 11.3 Å². The smallest absolute Gasteiger partial charge is 0.229 e. The second-order valence-corrected chi connectivity index (χ2v) is 8.23. The number of carbonyl (C=O) groups excluding carboxylic acids is 2. The minimum absolute atomic E-state index is 0.0606. The van der Waals surface area contributed by atoms with Crippen LogP contribution in [0.15, 0.2) is 42.7 Å². The maximum Gasteiger partial charge on any atom is 0.229 e. The first kappa shape index (κ1) is 20.3. The van der Waals surface area contributed by atoms with Crippen molar-refractivity contribution >= 4 is 38.5 Å². The van der Waals surface area contributed by atoms with Crippen LogP contribution in [0.2, 0.25) is 0 Å². The lowest BCUT2D eigenvalue weighted by atomic mass is 10.1. The third-order valence-corrected chi connectivity index (χ3v) is 6.09. The molecule has 3 heterocycles. The summed E-state index contributed by atoms with van der Waals surface area (Å²) in [4.78, 5) is 35.4. The topological polar surface area (TPSA) is 84.4 Å². The maximum atomic E-state index is 12.5. The highest BCUT2D eigenvalue weighted by Gasteiger charge is 2.36. The van der Waals surface area contributed by atoms with Crippen molar-refractivity contribution in [2.75, 3.05) is 24.6 Å². The Kier molecular flexibility index (Phi) is 6.23. The van der Waals surface area contributed by atoms with Gasteiger partial charge in [0.1, 0.15) is 5.75 Å². The van der Waals surface area contributed by atoms with Gasteiger partial charge in [0, 0.05) is 31.9 Å². The Morgan fingerprint density at radius 1 is 1.37 bits per heavy atom. The largest absolute Gasteiger partial charge is 0.494 e. The van der Waals surface area contributed by atoms with Gasteiger partial charge >= 0.3 is 0 Å². The molecule has 156 valence electrons. The van der Waals surface area contributed by atoms with Gasteiger partial charge in [-0.25, -0.2) is 4.98 Å². The van der Waals surface area contributed by atoms with Gasteiger partial charge in [0.15, 0.2) is 5.13 Å². The molecule has 0 bridgehead atoms. The fourth-order valence-electron chi connectivity index (χ4n) is 3.53. The summed E-state index contributed by atoms with van der Waals surface area (Å²) < 4.78 is 6.50. The van der Waals surface area contributed by atoms with Crippen LogP contribution in [0.1, 0.15) is 25.3 Å². The predicted molar refractivity (Wildman–Crippen MR) is 117 cm³/mol. The number of ether oxygens (including phenoxy) is 1. The normalized spacial score (nSPS) is 16.2. The Bertz CT molecular complexity index is 1040. The fraction of sp³-hybridized carbons (Fsp3) is 0.364. The first-order chi connectivity index (χ1) is 14.6. The number of rotatable bonds is 8. The minimum Gasteiger partial charge on any atom is -0.494 e. The lowest BCUT2D eigenvalue weighted by Crippen LogP contribution is -2.33. The Morgan fingerprint density at radius 3 is 3.07 bits per heavy atom. The summed E-state index contributed by atoms with van der Waals surface area (Å²) in [5.41, 5.74) is 1.98. The van der Waals surface area contributed by atoms with Crippen LogP contribution in [-0.2, 0) is 16.0 Å². The fourth-order valence-corrected chi connectivity index (χ4v) is 4.55. The molecule has 8 heteroatoms. The number of aromatic nitrogens is 2. The number of anilines is 1. The number of benzene rings is 1. The summed E-state index contributed by atoms with van der Waals surface area (Å²) >= 11 is 1.45. The van der Waals surface area contributed by atoms with Gasteiger partial charge in [0.2, 0.25) is 11.8 Å². The van der Waals surface area contributed by atoms with Crippen molar-refractivity contribution in [3.63, 3.8) is 0 Å². The summed E-state index contributed by atoms with van der Waals surface area (Å²) in [6, 6.07) is 9.65. The number of hydrogen-bond acceptors (Lipinski definition) is 6. The molecule has 0 aliphatic carbocycles. The van der Waals surface area contributed by atoms with E-state index in [1.54, 1.807) is 11.1 Å². The zero-order chi connectivity index (χ0) is 20.9. The van der Waals surface area contributed by atoms with Crippen LogP contribution in [0.3, 0.4) is 0 Å². The van der Waals surface area contributed by atoms with E-state index in [0.717, 1.165) is 34.4 Å². The van der Waals surface area contributed by atoms with Crippen LogP contribution < -0.4 is 15.0 Å². The molecule has 2 amide bonds. The number of carbonyl (C=O) groups is 2. The van der Waals surface area contributed by atoms with Gasteiger partial charge in [-0.2, -0.15) is 0 Å². The summed E-state index contributed by atoms with van der Waals surface area (Å²) in [7, 11) is 0. The van der Waals surface area contributed by atoms with Crippen molar-refractivity contribution in [2.24, 2.45) is 5.92 Å². The van der Waals surface area contributed by atoms with E-state index in [-0.39, 0.29) is 24.2 Å². The van der Waals surface area contributed by atoms with Crippen LogP contribution in [0.4, 0.5) is 5.13 Å². The Labute approximate surface area is 179 Å². The maximum absolute atomic E-state index is 12.5. The quantitative estimate of drug-likeness (QED) is 0.562. The van der Waals surface area contributed by atoms with Gasteiger partial charge in [0.05, 0.1) is 22.7 Å². The average molecular weight is 425 g/mol. The molecule has 2 aromatic heterocycles. The van der Waals surface area contributed by atoms with Gasteiger partial charge < -0.3 is 10.1 Å². The molecule has 3 aromatic rings. The second-order valence-electron chi connectivity index (χ2n) is 7.22. The van der Waals surface area contributed by atoms with Gasteiger partial charge in [-0.15, -0.1) is 0 Å². The summed E-state index contributed by atoms with van der Waals surface area (Å²) in [5.74, 6) is 0.310. The van der Waals surface area contributed by atoms with Crippen molar-refractivity contribution in [1.82, 2.24) is 15.3 Å². The highest BCUT2D eigenvalue weighted by atomic mass is 32.1. The van der Waals surface area contributed by atoms with Crippen molar-refractivity contribution < 1.29 is 14.3 Å². The first-order valence-electron chi connectivity index (χ1n) is 10.1. The molecular weight excluding hydrogens is 400 g/mol. The number of pyridine rings is 1. The number of amides is 2.